The Morgan fingerprint density at radius 3 is 2.75 bits per heavy atom. The Balaban J connectivity index is 2.41. The number of ether oxygens (including phenoxy) is 1. The van der Waals surface area contributed by atoms with Gasteiger partial charge in [-0.3, -0.25) is 4.90 Å². The van der Waals surface area contributed by atoms with Crippen molar-refractivity contribution in [2.75, 3.05) is 11.4 Å². The number of fused-ring (bicyclic) bond motifs is 1. The van der Waals surface area contributed by atoms with E-state index in [0.717, 1.165) is 0 Å². The first-order chi connectivity index (χ1) is 7.59. The average molecular weight is 222 g/mol. The summed E-state index contributed by atoms with van der Waals surface area (Å²) in [6, 6.07) is 5.97. The summed E-state index contributed by atoms with van der Waals surface area (Å²) in [6.07, 6.45) is -1.08. The lowest BCUT2D eigenvalue weighted by Crippen LogP contribution is -2.49. The zero-order chi connectivity index (χ0) is 11.7. The van der Waals surface area contributed by atoms with Gasteiger partial charge in [0.25, 0.3) is 0 Å². The van der Waals surface area contributed by atoms with Gasteiger partial charge in [0.15, 0.2) is 0 Å². The Morgan fingerprint density at radius 1 is 1.44 bits per heavy atom. The van der Waals surface area contributed by atoms with Crippen LogP contribution in [-0.4, -0.2) is 29.8 Å². The Bertz CT molecular complexity index is 446. The average Bonchev–Trinajstić information content (AvgIpc) is 2.27. The van der Waals surface area contributed by atoms with E-state index in [1.54, 1.807) is 24.3 Å². The number of aliphatic carboxylic acids is 1. The highest BCUT2D eigenvalue weighted by molar-refractivity contribution is 5.94. The molecule has 1 aromatic carbocycles. The van der Waals surface area contributed by atoms with Crippen LogP contribution in [0.3, 0.4) is 0 Å². The zero-order valence-corrected chi connectivity index (χ0v) is 8.29. The number of primary amides is 1. The third kappa shape index (κ3) is 1.65. The van der Waals surface area contributed by atoms with Gasteiger partial charge >= 0.3 is 12.0 Å². The molecule has 2 amide bonds. The van der Waals surface area contributed by atoms with E-state index >= 15 is 0 Å². The molecule has 0 aromatic heterocycles. The minimum atomic E-state index is -1.12. The SMILES string of the molecule is NC(=O)N1CC(C(=O)O)Oc2ccccc21. The van der Waals surface area contributed by atoms with E-state index < -0.39 is 18.1 Å². The number of amides is 2. The second kappa shape index (κ2) is 3.73. The number of carbonyl (C=O) groups is 2. The fourth-order valence-electron chi connectivity index (χ4n) is 1.57. The first-order valence-electron chi connectivity index (χ1n) is 4.65. The number of carboxylic acid groups (broad SMARTS) is 1. The molecule has 0 saturated heterocycles. The van der Waals surface area contributed by atoms with Crippen molar-refractivity contribution in [1.29, 1.82) is 0 Å². The minimum absolute atomic E-state index is 0.0817. The van der Waals surface area contributed by atoms with Crippen molar-refractivity contribution >= 4 is 17.7 Å². The molecule has 3 N–H and O–H groups in total. The van der Waals surface area contributed by atoms with Crippen molar-refractivity contribution in [3.63, 3.8) is 0 Å². The van der Waals surface area contributed by atoms with Crippen molar-refractivity contribution in [2.45, 2.75) is 6.10 Å². The van der Waals surface area contributed by atoms with Crippen LogP contribution in [0.2, 0.25) is 0 Å². The van der Waals surface area contributed by atoms with Gasteiger partial charge in [0.2, 0.25) is 6.10 Å². The Kier molecular flexibility index (Phi) is 2.40. The van der Waals surface area contributed by atoms with Crippen molar-refractivity contribution in [3.8, 4) is 5.75 Å². The van der Waals surface area contributed by atoms with Gasteiger partial charge in [-0.2, -0.15) is 0 Å². The molecule has 2 rings (SSSR count). The standard InChI is InChI=1S/C10H10N2O4/c11-10(15)12-5-8(9(13)14)16-7-4-2-1-3-6(7)12/h1-4,8H,5H2,(H2,11,15)(H,13,14). The first kappa shape index (κ1) is 10.3. The fraction of sp³-hybridized carbons (Fsp3) is 0.200. The van der Waals surface area contributed by atoms with E-state index in [1.807, 2.05) is 0 Å². The minimum Gasteiger partial charge on any atom is -0.478 e. The number of para-hydroxylation sites is 2. The van der Waals surface area contributed by atoms with Gasteiger partial charge in [0, 0.05) is 0 Å². The van der Waals surface area contributed by atoms with E-state index in [0.29, 0.717) is 11.4 Å². The van der Waals surface area contributed by atoms with Crippen molar-refractivity contribution in [3.05, 3.63) is 24.3 Å². The number of hydrogen-bond acceptors (Lipinski definition) is 3. The summed E-state index contributed by atoms with van der Waals surface area (Å²) in [5, 5.41) is 8.86. The molecule has 0 spiro atoms. The largest absolute Gasteiger partial charge is 0.478 e. The topological polar surface area (TPSA) is 92.9 Å². The normalized spacial score (nSPS) is 18.5. The van der Waals surface area contributed by atoms with Gasteiger partial charge in [0.05, 0.1) is 12.2 Å². The number of anilines is 1. The molecule has 16 heavy (non-hydrogen) atoms. The molecule has 1 aliphatic heterocycles. The molecule has 0 saturated carbocycles. The molecule has 6 heteroatoms. The molecular weight excluding hydrogens is 212 g/mol. The zero-order valence-electron chi connectivity index (χ0n) is 8.29. The number of rotatable bonds is 1. The molecule has 1 unspecified atom stereocenters. The van der Waals surface area contributed by atoms with Crippen LogP contribution in [0.1, 0.15) is 0 Å². The summed E-state index contributed by atoms with van der Waals surface area (Å²) in [7, 11) is 0. The third-order valence-corrected chi connectivity index (χ3v) is 2.32. The number of nitrogens with two attached hydrogens (primary N) is 1. The molecule has 0 fully saturated rings. The smallest absolute Gasteiger partial charge is 0.346 e. The second-order valence-electron chi connectivity index (χ2n) is 3.36. The van der Waals surface area contributed by atoms with Crippen LogP contribution >= 0.6 is 0 Å². The van der Waals surface area contributed by atoms with Crippen molar-refractivity contribution < 1.29 is 19.4 Å². The predicted octanol–water partition coefficient (Wildman–Crippen LogP) is 0.417. The molecule has 0 bridgehead atoms. The highest BCUT2D eigenvalue weighted by Crippen LogP contribution is 2.32. The lowest BCUT2D eigenvalue weighted by Gasteiger charge is -2.31. The lowest BCUT2D eigenvalue weighted by atomic mass is 10.2. The van der Waals surface area contributed by atoms with Crippen LogP contribution in [0.25, 0.3) is 0 Å². The van der Waals surface area contributed by atoms with Crippen LogP contribution < -0.4 is 15.4 Å². The van der Waals surface area contributed by atoms with Crippen LogP contribution in [0.5, 0.6) is 5.75 Å². The molecule has 84 valence electrons. The van der Waals surface area contributed by atoms with Crippen molar-refractivity contribution in [2.24, 2.45) is 5.73 Å². The summed E-state index contributed by atoms with van der Waals surface area (Å²) in [5.41, 5.74) is 5.68. The quantitative estimate of drug-likeness (QED) is 0.720. The third-order valence-electron chi connectivity index (χ3n) is 2.32. The molecule has 0 radical (unpaired) electrons. The monoisotopic (exact) mass is 222 g/mol. The number of benzene rings is 1. The van der Waals surface area contributed by atoms with Gasteiger partial charge < -0.3 is 15.6 Å². The maximum Gasteiger partial charge on any atom is 0.346 e. The maximum atomic E-state index is 11.2. The van der Waals surface area contributed by atoms with Gasteiger partial charge in [-0.05, 0) is 12.1 Å². The molecule has 1 heterocycles. The summed E-state index contributed by atoms with van der Waals surface area (Å²) in [4.78, 5) is 23.2. The summed E-state index contributed by atoms with van der Waals surface area (Å²) < 4.78 is 5.22. The van der Waals surface area contributed by atoms with Gasteiger partial charge in [-0.1, -0.05) is 12.1 Å². The van der Waals surface area contributed by atoms with Crippen LogP contribution in [0, 0.1) is 0 Å². The van der Waals surface area contributed by atoms with Crippen LogP contribution in [-0.2, 0) is 4.79 Å². The molecule has 0 aliphatic carbocycles. The van der Waals surface area contributed by atoms with Gasteiger partial charge in [0.1, 0.15) is 5.75 Å². The Hall–Kier alpha value is -2.24. The van der Waals surface area contributed by atoms with E-state index in [1.165, 1.54) is 4.90 Å². The summed E-state index contributed by atoms with van der Waals surface area (Å²) in [6.45, 7) is -0.0817. The Morgan fingerprint density at radius 2 is 2.12 bits per heavy atom. The molecular formula is C10H10N2O4. The van der Waals surface area contributed by atoms with E-state index in [-0.39, 0.29) is 6.54 Å². The van der Waals surface area contributed by atoms with Crippen LogP contribution in [0.4, 0.5) is 10.5 Å². The van der Waals surface area contributed by atoms with E-state index in [4.69, 9.17) is 15.6 Å². The number of carboxylic acids is 1. The number of urea groups is 1. The molecule has 1 atom stereocenters. The molecule has 6 nitrogen and oxygen atoms in total. The maximum absolute atomic E-state index is 11.2. The molecule has 1 aliphatic rings. The Labute approximate surface area is 91.2 Å². The highest BCUT2D eigenvalue weighted by atomic mass is 16.5. The number of nitrogens with zero attached hydrogens (tertiary/aromatic N) is 1. The first-order valence-corrected chi connectivity index (χ1v) is 4.65. The van der Waals surface area contributed by atoms with E-state index in [2.05, 4.69) is 0 Å². The number of hydrogen-bond donors (Lipinski definition) is 2. The van der Waals surface area contributed by atoms with Crippen LogP contribution in [0.15, 0.2) is 24.3 Å². The van der Waals surface area contributed by atoms with Gasteiger partial charge in [-0.15, -0.1) is 0 Å². The lowest BCUT2D eigenvalue weighted by molar-refractivity contribution is -0.144. The predicted molar refractivity (Wildman–Crippen MR) is 55.4 cm³/mol. The highest BCUT2D eigenvalue weighted by Gasteiger charge is 2.32. The van der Waals surface area contributed by atoms with Gasteiger partial charge in [-0.25, -0.2) is 9.59 Å². The summed E-state index contributed by atoms with van der Waals surface area (Å²) >= 11 is 0. The van der Waals surface area contributed by atoms with Crippen molar-refractivity contribution in [1.82, 2.24) is 0 Å². The number of carbonyl (C=O) groups excluding carboxylic acids is 1. The molecule has 1 aromatic rings. The summed E-state index contributed by atoms with van der Waals surface area (Å²) in [5.74, 6) is -0.777. The van der Waals surface area contributed by atoms with E-state index in [9.17, 15) is 9.59 Å². The fourth-order valence-corrected chi connectivity index (χ4v) is 1.57. The second-order valence-corrected chi connectivity index (χ2v) is 3.36.